The summed E-state index contributed by atoms with van der Waals surface area (Å²) in [7, 11) is 0. The van der Waals surface area contributed by atoms with Crippen molar-refractivity contribution in [1.29, 1.82) is 0 Å². The van der Waals surface area contributed by atoms with Gasteiger partial charge in [-0.1, -0.05) is 20.3 Å². The Morgan fingerprint density at radius 1 is 1.18 bits per heavy atom. The summed E-state index contributed by atoms with van der Waals surface area (Å²) in [5.74, 6) is 0. The molecule has 1 saturated heterocycles. The molecule has 2 fully saturated rings. The van der Waals surface area contributed by atoms with Crippen LogP contribution in [0.3, 0.4) is 0 Å². The molecule has 0 bridgehead atoms. The van der Waals surface area contributed by atoms with E-state index in [1.807, 2.05) is 0 Å². The van der Waals surface area contributed by atoms with Gasteiger partial charge in [-0.2, -0.15) is 0 Å². The van der Waals surface area contributed by atoms with Crippen molar-refractivity contribution in [3.05, 3.63) is 0 Å². The van der Waals surface area contributed by atoms with Crippen molar-refractivity contribution < 1.29 is 0 Å². The zero-order chi connectivity index (χ0) is 12.1. The number of nitrogens with one attached hydrogen (secondary N) is 1. The SMILES string of the molecule is CCC1CCN(CC2(CC)CCC2)CCCN1. The van der Waals surface area contributed by atoms with Gasteiger partial charge >= 0.3 is 0 Å². The van der Waals surface area contributed by atoms with Crippen LogP contribution in [0.1, 0.15) is 58.8 Å². The average Bonchev–Trinajstić information content (AvgIpc) is 2.27. The zero-order valence-corrected chi connectivity index (χ0v) is 11.8. The molecule has 2 heteroatoms. The van der Waals surface area contributed by atoms with Crippen LogP contribution in [0.25, 0.3) is 0 Å². The Balaban J connectivity index is 1.82. The average molecular weight is 238 g/mol. The van der Waals surface area contributed by atoms with Gasteiger partial charge in [0, 0.05) is 12.6 Å². The van der Waals surface area contributed by atoms with Crippen molar-refractivity contribution in [2.24, 2.45) is 5.41 Å². The molecule has 0 spiro atoms. The Morgan fingerprint density at radius 3 is 2.59 bits per heavy atom. The molecule has 17 heavy (non-hydrogen) atoms. The highest BCUT2D eigenvalue weighted by molar-refractivity contribution is 4.89. The highest BCUT2D eigenvalue weighted by atomic mass is 15.1. The quantitative estimate of drug-likeness (QED) is 0.810. The molecule has 1 atom stereocenters. The molecule has 1 heterocycles. The Hall–Kier alpha value is -0.0800. The van der Waals surface area contributed by atoms with Gasteiger partial charge in [-0.25, -0.2) is 0 Å². The Labute approximate surface area is 107 Å². The minimum absolute atomic E-state index is 0.703. The number of nitrogens with zero attached hydrogens (tertiary/aromatic N) is 1. The number of hydrogen-bond acceptors (Lipinski definition) is 2. The predicted octanol–water partition coefficient (Wildman–Crippen LogP) is 3.03. The van der Waals surface area contributed by atoms with Gasteiger partial charge in [0.15, 0.2) is 0 Å². The van der Waals surface area contributed by atoms with Crippen LogP contribution in [0.15, 0.2) is 0 Å². The van der Waals surface area contributed by atoms with E-state index in [1.54, 1.807) is 0 Å². The molecule has 1 N–H and O–H groups in total. The van der Waals surface area contributed by atoms with Crippen LogP contribution in [0.2, 0.25) is 0 Å². The topological polar surface area (TPSA) is 15.3 Å². The first-order chi connectivity index (χ1) is 8.28. The van der Waals surface area contributed by atoms with Crippen molar-refractivity contribution in [1.82, 2.24) is 10.2 Å². The summed E-state index contributed by atoms with van der Waals surface area (Å²) in [5, 5.41) is 3.67. The fourth-order valence-electron chi connectivity index (χ4n) is 3.44. The summed E-state index contributed by atoms with van der Waals surface area (Å²) in [6.07, 6.45) is 9.78. The van der Waals surface area contributed by atoms with E-state index < -0.39 is 0 Å². The third-order valence-electron chi connectivity index (χ3n) is 5.09. The largest absolute Gasteiger partial charge is 0.314 e. The first kappa shape index (κ1) is 13.4. The second kappa shape index (κ2) is 6.19. The second-order valence-corrected chi connectivity index (χ2v) is 6.18. The number of rotatable bonds is 4. The van der Waals surface area contributed by atoms with Crippen LogP contribution in [0.5, 0.6) is 0 Å². The molecule has 1 saturated carbocycles. The van der Waals surface area contributed by atoms with Crippen molar-refractivity contribution in [3.8, 4) is 0 Å². The smallest absolute Gasteiger partial charge is 0.00766 e. The second-order valence-electron chi connectivity index (χ2n) is 6.18. The van der Waals surface area contributed by atoms with Crippen LogP contribution in [0, 0.1) is 5.41 Å². The third-order valence-corrected chi connectivity index (χ3v) is 5.09. The molecule has 100 valence electrons. The summed E-state index contributed by atoms with van der Waals surface area (Å²) in [5.41, 5.74) is 0.703. The van der Waals surface area contributed by atoms with Crippen LogP contribution in [-0.4, -0.2) is 37.1 Å². The summed E-state index contributed by atoms with van der Waals surface area (Å²) in [4.78, 5) is 2.76. The van der Waals surface area contributed by atoms with Gasteiger partial charge < -0.3 is 10.2 Å². The van der Waals surface area contributed by atoms with Gasteiger partial charge in [0.25, 0.3) is 0 Å². The van der Waals surface area contributed by atoms with Crippen molar-refractivity contribution in [3.63, 3.8) is 0 Å². The van der Waals surface area contributed by atoms with Crippen LogP contribution < -0.4 is 5.32 Å². The van der Waals surface area contributed by atoms with E-state index in [4.69, 9.17) is 0 Å². The molecule has 0 radical (unpaired) electrons. The molecule has 0 aromatic heterocycles. The maximum atomic E-state index is 3.67. The minimum Gasteiger partial charge on any atom is -0.314 e. The van der Waals surface area contributed by atoms with E-state index >= 15 is 0 Å². The molecule has 1 aliphatic heterocycles. The summed E-state index contributed by atoms with van der Waals surface area (Å²) < 4.78 is 0. The predicted molar refractivity (Wildman–Crippen MR) is 74.3 cm³/mol. The first-order valence-corrected chi connectivity index (χ1v) is 7.74. The van der Waals surface area contributed by atoms with E-state index in [0.29, 0.717) is 5.41 Å². The van der Waals surface area contributed by atoms with E-state index in [9.17, 15) is 0 Å². The van der Waals surface area contributed by atoms with Gasteiger partial charge in [0.2, 0.25) is 0 Å². The lowest BCUT2D eigenvalue weighted by Crippen LogP contribution is -2.46. The van der Waals surface area contributed by atoms with E-state index in [-0.39, 0.29) is 0 Å². The maximum Gasteiger partial charge on any atom is 0.00766 e. The molecule has 2 nitrogen and oxygen atoms in total. The fourth-order valence-corrected chi connectivity index (χ4v) is 3.44. The lowest BCUT2D eigenvalue weighted by atomic mass is 9.66. The highest BCUT2D eigenvalue weighted by Gasteiger charge is 2.36. The van der Waals surface area contributed by atoms with Crippen LogP contribution in [0.4, 0.5) is 0 Å². The molecule has 0 aromatic rings. The maximum absolute atomic E-state index is 3.67. The standard InChI is InChI=1S/C15H30N2/c1-3-14-7-12-17(11-6-10-16-14)13-15(4-2)8-5-9-15/h14,16H,3-13H2,1-2H3. The number of hydrogen-bond donors (Lipinski definition) is 1. The lowest BCUT2D eigenvalue weighted by Gasteiger charge is -2.45. The van der Waals surface area contributed by atoms with Crippen LogP contribution >= 0.6 is 0 Å². The Kier molecular flexibility index (Phi) is 4.87. The monoisotopic (exact) mass is 238 g/mol. The third kappa shape index (κ3) is 3.45. The summed E-state index contributed by atoms with van der Waals surface area (Å²) in [6, 6.07) is 0.761. The van der Waals surface area contributed by atoms with Crippen LogP contribution in [-0.2, 0) is 0 Å². The van der Waals surface area contributed by atoms with Gasteiger partial charge in [-0.15, -0.1) is 0 Å². The highest BCUT2D eigenvalue weighted by Crippen LogP contribution is 2.44. The molecule has 1 aliphatic carbocycles. The zero-order valence-electron chi connectivity index (χ0n) is 11.8. The lowest BCUT2D eigenvalue weighted by molar-refractivity contribution is 0.0568. The van der Waals surface area contributed by atoms with Gasteiger partial charge in [-0.3, -0.25) is 0 Å². The summed E-state index contributed by atoms with van der Waals surface area (Å²) in [6.45, 7) is 9.91. The van der Waals surface area contributed by atoms with Gasteiger partial charge in [0.1, 0.15) is 0 Å². The molecular weight excluding hydrogens is 208 g/mol. The Bertz CT molecular complexity index is 217. The van der Waals surface area contributed by atoms with Gasteiger partial charge in [-0.05, 0) is 63.6 Å². The molecule has 0 aromatic carbocycles. The summed E-state index contributed by atoms with van der Waals surface area (Å²) >= 11 is 0. The van der Waals surface area contributed by atoms with Crippen molar-refractivity contribution in [2.75, 3.05) is 26.2 Å². The van der Waals surface area contributed by atoms with E-state index in [2.05, 4.69) is 24.1 Å². The van der Waals surface area contributed by atoms with Crippen molar-refractivity contribution >= 4 is 0 Å². The first-order valence-electron chi connectivity index (χ1n) is 7.74. The minimum atomic E-state index is 0.703. The van der Waals surface area contributed by atoms with E-state index in [1.165, 1.54) is 71.1 Å². The fraction of sp³-hybridized carbons (Fsp3) is 1.00. The van der Waals surface area contributed by atoms with Gasteiger partial charge in [0.05, 0.1) is 0 Å². The van der Waals surface area contributed by atoms with E-state index in [0.717, 1.165) is 6.04 Å². The van der Waals surface area contributed by atoms with Crippen molar-refractivity contribution in [2.45, 2.75) is 64.8 Å². The molecule has 0 amide bonds. The molecule has 2 rings (SSSR count). The normalized spacial score (nSPS) is 30.4. The molecular formula is C15H30N2. The Morgan fingerprint density at radius 2 is 2.00 bits per heavy atom. The molecule has 1 unspecified atom stereocenters. The molecule has 2 aliphatic rings.